The maximum atomic E-state index is 9.40. The van der Waals surface area contributed by atoms with Crippen molar-refractivity contribution in [2.24, 2.45) is 0 Å². The van der Waals surface area contributed by atoms with E-state index in [4.69, 9.17) is 0 Å². The Hall–Kier alpha value is -0.870. The van der Waals surface area contributed by atoms with Crippen LogP contribution in [0.5, 0.6) is 0 Å². The summed E-state index contributed by atoms with van der Waals surface area (Å²) in [5.41, 5.74) is 3.62. The molecule has 0 aliphatic carbocycles. The van der Waals surface area contributed by atoms with E-state index in [2.05, 4.69) is 45.0 Å². The summed E-state index contributed by atoms with van der Waals surface area (Å²) in [6, 6.07) is 0.558. The molecule has 0 aliphatic heterocycles. The Kier molecular flexibility index (Phi) is 5.35. The van der Waals surface area contributed by atoms with Gasteiger partial charge < -0.3 is 10.4 Å². The Balaban J connectivity index is 2.78. The summed E-state index contributed by atoms with van der Waals surface area (Å²) in [5, 5.41) is 17.5. The molecule has 0 spiro atoms. The molecule has 1 heterocycles. The van der Waals surface area contributed by atoms with Gasteiger partial charge in [-0.1, -0.05) is 0 Å². The molecule has 1 aromatic heterocycles. The van der Waals surface area contributed by atoms with E-state index in [-0.39, 0.29) is 12.1 Å². The minimum Gasteiger partial charge on any atom is -0.393 e. The van der Waals surface area contributed by atoms with Crippen LogP contribution in [0.15, 0.2) is 0 Å². The second-order valence-electron chi connectivity index (χ2n) is 5.27. The van der Waals surface area contributed by atoms with E-state index in [0.29, 0.717) is 6.04 Å². The summed E-state index contributed by atoms with van der Waals surface area (Å²) in [5.74, 6) is 0. The Morgan fingerprint density at radius 2 is 1.89 bits per heavy atom. The van der Waals surface area contributed by atoms with Gasteiger partial charge in [-0.25, -0.2) is 0 Å². The molecule has 0 radical (unpaired) electrons. The molecule has 1 rings (SSSR count). The standard InChI is InChI=1S/C14H27N3O/c1-7-17-13(6)14(12(5)16-17)11(4)15-9(2)8-10(3)18/h9-11,15,18H,7-8H2,1-6H3. The van der Waals surface area contributed by atoms with Gasteiger partial charge in [0.2, 0.25) is 0 Å². The van der Waals surface area contributed by atoms with Crippen LogP contribution < -0.4 is 5.32 Å². The van der Waals surface area contributed by atoms with E-state index in [1.54, 1.807) is 0 Å². The largest absolute Gasteiger partial charge is 0.393 e. The molecule has 0 aromatic carbocycles. The van der Waals surface area contributed by atoms with Crippen molar-refractivity contribution in [3.05, 3.63) is 17.0 Å². The van der Waals surface area contributed by atoms with E-state index in [9.17, 15) is 5.11 Å². The molecule has 4 nitrogen and oxygen atoms in total. The third-order valence-corrected chi connectivity index (χ3v) is 3.40. The lowest BCUT2D eigenvalue weighted by Gasteiger charge is -2.21. The average molecular weight is 253 g/mol. The minimum absolute atomic E-state index is 0.263. The van der Waals surface area contributed by atoms with Crippen molar-refractivity contribution in [1.82, 2.24) is 15.1 Å². The predicted molar refractivity (Wildman–Crippen MR) is 74.7 cm³/mol. The summed E-state index contributed by atoms with van der Waals surface area (Å²) in [6.45, 7) is 13.3. The van der Waals surface area contributed by atoms with E-state index in [1.165, 1.54) is 11.3 Å². The van der Waals surface area contributed by atoms with Gasteiger partial charge in [-0.2, -0.15) is 5.10 Å². The maximum absolute atomic E-state index is 9.40. The van der Waals surface area contributed by atoms with E-state index in [1.807, 2.05) is 11.6 Å². The quantitative estimate of drug-likeness (QED) is 0.818. The van der Waals surface area contributed by atoms with E-state index >= 15 is 0 Å². The molecule has 2 N–H and O–H groups in total. The highest BCUT2D eigenvalue weighted by atomic mass is 16.3. The third-order valence-electron chi connectivity index (χ3n) is 3.40. The van der Waals surface area contributed by atoms with Crippen LogP contribution in [0.4, 0.5) is 0 Å². The Bertz CT molecular complexity index is 385. The van der Waals surface area contributed by atoms with E-state index < -0.39 is 0 Å². The first-order chi connectivity index (χ1) is 8.36. The van der Waals surface area contributed by atoms with Crippen LogP contribution in [-0.2, 0) is 6.54 Å². The van der Waals surface area contributed by atoms with Crippen LogP contribution in [0.3, 0.4) is 0 Å². The van der Waals surface area contributed by atoms with Crippen molar-refractivity contribution in [3.63, 3.8) is 0 Å². The molecule has 104 valence electrons. The van der Waals surface area contributed by atoms with Gasteiger partial charge in [-0.3, -0.25) is 4.68 Å². The minimum atomic E-state index is -0.264. The highest BCUT2D eigenvalue weighted by Crippen LogP contribution is 2.22. The molecule has 0 aliphatic rings. The van der Waals surface area contributed by atoms with Gasteiger partial charge in [0.05, 0.1) is 11.8 Å². The third kappa shape index (κ3) is 3.56. The van der Waals surface area contributed by atoms with Gasteiger partial charge in [0.15, 0.2) is 0 Å². The molecule has 0 saturated heterocycles. The summed E-state index contributed by atoms with van der Waals surface area (Å²) in [6.07, 6.45) is 0.505. The smallest absolute Gasteiger partial charge is 0.0644 e. The van der Waals surface area contributed by atoms with Gasteiger partial charge in [0.25, 0.3) is 0 Å². The number of nitrogens with one attached hydrogen (secondary N) is 1. The summed E-state index contributed by atoms with van der Waals surface area (Å²) >= 11 is 0. The fraction of sp³-hybridized carbons (Fsp3) is 0.786. The highest BCUT2D eigenvalue weighted by Gasteiger charge is 2.18. The molecule has 1 aromatic rings. The van der Waals surface area contributed by atoms with Crippen LogP contribution in [0.25, 0.3) is 0 Å². The zero-order chi connectivity index (χ0) is 13.9. The molecular formula is C14H27N3O. The summed E-state index contributed by atoms with van der Waals surface area (Å²) < 4.78 is 2.04. The van der Waals surface area contributed by atoms with Crippen LogP contribution in [0.1, 0.15) is 57.1 Å². The number of rotatable bonds is 6. The van der Waals surface area contributed by atoms with Crippen molar-refractivity contribution >= 4 is 0 Å². The second kappa shape index (κ2) is 6.34. The fourth-order valence-electron chi connectivity index (χ4n) is 2.74. The first kappa shape index (κ1) is 15.2. The zero-order valence-corrected chi connectivity index (χ0v) is 12.5. The topological polar surface area (TPSA) is 50.1 Å². The SMILES string of the molecule is CCn1nc(C)c(C(C)NC(C)CC(C)O)c1C. The lowest BCUT2D eigenvalue weighted by atomic mass is 10.0. The molecule has 0 amide bonds. The van der Waals surface area contributed by atoms with Gasteiger partial charge in [0.1, 0.15) is 0 Å². The van der Waals surface area contributed by atoms with Crippen molar-refractivity contribution in [3.8, 4) is 0 Å². The van der Waals surface area contributed by atoms with Crippen LogP contribution in [-0.4, -0.2) is 27.0 Å². The molecule has 3 unspecified atom stereocenters. The van der Waals surface area contributed by atoms with Gasteiger partial charge in [0, 0.05) is 29.9 Å². The maximum Gasteiger partial charge on any atom is 0.0644 e. The molecule has 3 atom stereocenters. The fourth-order valence-corrected chi connectivity index (χ4v) is 2.74. The molecular weight excluding hydrogens is 226 g/mol. The number of aliphatic hydroxyl groups excluding tert-OH is 1. The lowest BCUT2D eigenvalue weighted by Crippen LogP contribution is -2.32. The van der Waals surface area contributed by atoms with Crippen molar-refractivity contribution < 1.29 is 5.11 Å². The highest BCUT2D eigenvalue weighted by molar-refractivity contribution is 5.27. The van der Waals surface area contributed by atoms with Crippen LogP contribution >= 0.6 is 0 Å². The monoisotopic (exact) mass is 253 g/mol. The van der Waals surface area contributed by atoms with Crippen LogP contribution in [0.2, 0.25) is 0 Å². The second-order valence-corrected chi connectivity index (χ2v) is 5.27. The van der Waals surface area contributed by atoms with E-state index in [0.717, 1.165) is 18.7 Å². The number of hydrogen-bond donors (Lipinski definition) is 2. The van der Waals surface area contributed by atoms with Crippen molar-refractivity contribution in [2.75, 3.05) is 0 Å². The number of hydrogen-bond acceptors (Lipinski definition) is 3. The number of aliphatic hydroxyl groups is 1. The Labute approximate surface area is 110 Å². The predicted octanol–water partition coefficient (Wildman–Crippen LogP) is 2.33. The van der Waals surface area contributed by atoms with Crippen molar-refractivity contribution in [1.29, 1.82) is 0 Å². The first-order valence-electron chi connectivity index (χ1n) is 6.84. The normalized spacial score (nSPS) is 16.6. The average Bonchev–Trinajstić information content (AvgIpc) is 2.52. The first-order valence-corrected chi connectivity index (χ1v) is 6.84. The number of nitrogens with zero attached hydrogens (tertiary/aromatic N) is 2. The Morgan fingerprint density at radius 3 is 2.33 bits per heavy atom. The molecule has 0 fully saturated rings. The molecule has 4 heteroatoms. The van der Waals surface area contributed by atoms with Crippen molar-refractivity contribution in [2.45, 2.75) is 72.7 Å². The van der Waals surface area contributed by atoms with Gasteiger partial charge in [-0.15, -0.1) is 0 Å². The Morgan fingerprint density at radius 1 is 1.28 bits per heavy atom. The summed E-state index contributed by atoms with van der Waals surface area (Å²) in [7, 11) is 0. The van der Waals surface area contributed by atoms with Crippen LogP contribution in [0, 0.1) is 13.8 Å². The number of aryl methyl sites for hydroxylation is 2. The van der Waals surface area contributed by atoms with Gasteiger partial charge >= 0.3 is 0 Å². The number of aromatic nitrogens is 2. The molecule has 18 heavy (non-hydrogen) atoms. The molecule has 0 saturated carbocycles. The van der Waals surface area contributed by atoms with Gasteiger partial charge in [-0.05, 0) is 48.0 Å². The zero-order valence-electron chi connectivity index (χ0n) is 12.5. The molecule has 0 bridgehead atoms. The summed E-state index contributed by atoms with van der Waals surface area (Å²) in [4.78, 5) is 0. The lowest BCUT2D eigenvalue weighted by molar-refractivity contribution is 0.168.